The summed E-state index contributed by atoms with van der Waals surface area (Å²) in [5.74, 6) is 0. The molecule has 0 amide bonds. The quantitative estimate of drug-likeness (QED) is 0.734. The molecule has 0 aliphatic heterocycles. The molecule has 2 aromatic carbocycles. The highest BCUT2D eigenvalue weighted by molar-refractivity contribution is 5.86. The van der Waals surface area contributed by atoms with Crippen LogP contribution in [0.1, 0.15) is 17.2 Å². The second kappa shape index (κ2) is 5.85. The number of nitrogens with zero attached hydrogens (tertiary/aromatic N) is 2. The number of aliphatic imine (C=N–C) groups is 1. The van der Waals surface area contributed by atoms with E-state index < -0.39 is 0 Å². The molecule has 3 rings (SSSR count). The van der Waals surface area contributed by atoms with Crippen LogP contribution in [-0.2, 0) is 0 Å². The van der Waals surface area contributed by atoms with Gasteiger partial charge in [-0.05, 0) is 36.2 Å². The molecular formula is C18H17N3. The van der Waals surface area contributed by atoms with Gasteiger partial charge in [0.25, 0.3) is 0 Å². The molecule has 1 aromatic heterocycles. The first kappa shape index (κ1) is 13.5. The highest BCUT2D eigenvalue weighted by atomic mass is 14.9. The van der Waals surface area contributed by atoms with Crippen molar-refractivity contribution in [3.8, 4) is 0 Å². The van der Waals surface area contributed by atoms with Crippen molar-refractivity contribution in [2.24, 2.45) is 4.99 Å². The lowest BCUT2D eigenvalue weighted by Gasteiger charge is -2.20. The van der Waals surface area contributed by atoms with Gasteiger partial charge in [0.1, 0.15) is 0 Å². The highest BCUT2D eigenvalue weighted by Crippen LogP contribution is 2.32. The van der Waals surface area contributed by atoms with E-state index in [2.05, 4.69) is 64.5 Å². The summed E-state index contributed by atoms with van der Waals surface area (Å²) in [6.07, 6.45) is 3.54. The Bertz CT molecular complexity index is 775. The lowest BCUT2D eigenvalue weighted by Crippen LogP contribution is -2.18. The van der Waals surface area contributed by atoms with Gasteiger partial charge in [0.15, 0.2) is 0 Å². The minimum atomic E-state index is 0.0552. The van der Waals surface area contributed by atoms with Crippen molar-refractivity contribution in [2.45, 2.75) is 6.04 Å². The predicted octanol–water partition coefficient (Wildman–Crippen LogP) is 3.88. The molecule has 0 saturated heterocycles. The monoisotopic (exact) mass is 275 g/mol. The van der Waals surface area contributed by atoms with Crippen LogP contribution in [0.5, 0.6) is 0 Å². The Morgan fingerprint density at radius 3 is 2.67 bits per heavy atom. The summed E-state index contributed by atoms with van der Waals surface area (Å²) in [6, 6.07) is 16.8. The largest absolute Gasteiger partial charge is 0.309 e. The Morgan fingerprint density at radius 2 is 1.86 bits per heavy atom. The fourth-order valence-corrected chi connectivity index (χ4v) is 2.75. The molecule has 104 valence electrons. The average Bonchev–Trinajstić information content (AvgIpc) is 2.56. The van der Waals surface area contributed by atoms with Gasteiger partial charge in [-0.25, -0.2) is 0 Å². The molecule has 0 aliphatic rings. The maximum atomic E-state index is 4.13. The number of aromatic nitrogens is 1. The zero-order valence-corrected chi connectivity index (χ0v) is 12.0. The van der Waals surface area contributed by atoms with Gasteiger partial charge in [0.2, 0.25) is 0 Å². The van der Waals surface area contributed by atoms with Crippen LogP contribution in [0, 0.1) is 0 Å². The van der Waals surface area contributed by atoms with Crippen molar-refractivity contribution >= 4 is 23.2 Å². The minimum Gasteiger partial charge on any atom is -0.309 e. The topological polar surface area (TPSA) is 37.3 Å². The normalized spacial score (nSPS) is 12.2. The Hall–Kier alpha value is -2.52. The van der Waals surface area contributed by atoms with Crippen LogP contribution in [0.4, 0.5) is 5.69 Å². The van der Waals surface area contributed by atoms with E-state index >= 15 is 0 Å². The Balaban J connectivity index is 2.21. The molecule has 1 heterocycles. The molecule has 3 heteroatoms. The minimum absolute atomic E-state index is 0.0552. The van der Waals surface area contributed by atoms with E-state index in [1.165, 1.54) is 16.3 Å². The van der Waals surface area contributed by atoms with Gasteiger partial charge in [0.05, 0.1) is 17.9 Å². The van der Waals surface area contributed by atoms with Crippen molar-refractivity contribution in [2.75, 3.05) is 7.05 Å². The molecule has 0 aliphatic carbocycles. The summed E-state index contributed by atoms with van der Waals surface area (Å²) in [7, 11) is 1.96. The molecular weight excluding hydrogens is 258 g/mol. The van der Waals surface area contributed by atoms with Gasteiger partial charge < -0.3 is 5.32 Å². The highest BCUT2D eigenvalue weighted by Gasteiger charge is 2.17. The van der Waals surface area contributed by atoms with E-state index in [1.807, 2.05) is 13.1 Å². The molecule has 3 nitrogen and oxygen atoms in total. The lowest BCUT2D eigenvalue weighted by atomic mass is 9.93. The van der Waals surface area contributed by atoms with Crippen molar-refractivity contribution in [1.29, 1.82) is 0 Å². The van der Waals surface area contributed by atoms with Crippen LogP contribution in [0.3, 0.4) is 0 Å². The molecule has 0 saturated carbocycles. The number of pyridine rings is 1. The molecule has 1 atom stereocenters. The maximum Gasteiger partial charge on any atom is 0.0856 e. The van der Waals surface area contributed by atoms with Crippen LogP contribution >= 0.6 is 0 Å². The van der Waals surface area contributed by atoms with E-state index in [0.717, 1.165) is 11.3 Å². The van der Waals surface area contributed by atoms with Crippen LogP contribution in [0.2, 0.25) is 0 Å². The number of fused-ring (bicyclic) bond motifs is 1. The van der Waals surface area contributed by atoms with Crippen LogP contribution < -0.4 is 5.32 Å². The zero-order chi connectivity index (χ0) is 14.7. The van der Waals surface area contributed by atoms with Gasteiger partial charge in [-0.3, -0.25) is 9.98 Å². The first-order valence-electron chi connectivity index (χ1n) is 6.90. The van der Waals surface area contributed by atoms with E-state index in [0.29, 0.717) is 0 Å². The first-order valence-corrected chi connectivity index (χ1v) is 6.90. The third-order valence-electron chi connectivity index (χ3n) is 3.74. The lowest BCUT2D eigenvalue weighted by molar-refractivity contribution is 0.696. The number of hydrogen-bond acceptors (Lipinski definition) is 3. The summed E-state index contributed by atoms with van der Waals surface area (Å²) in [4.78, 5) is 8.22. The molecule has 1 unspecified atom stereocenters. The smallest absolute Gasteiger partial charge is 0.0856 e. The zero-order valence-electron chi connectivity index (χ0n) is 12.0. The number of rotatable bonds is 4. The van der Waals surface area contributed by atoms with Gasteiger partial charge in [-0.15, -0.1) is 0 Å². The second-order valence-corrected chi connectivity index (χ2v) is 4.88. The van der Waals surface area contributed by atoms with Gasteiger partial charge in [-0.1, -0.05) is 42.5 Å². The second-order valence-electron chi connectivity index (χ2n) is 4.88. The van der Waals surface area contributed by atoms with E-state index in [9.17, 15) is 0 Å². The molecule has 3 aromatic rings. The van der Waals surface area contributed by atoms with Crippen molar-refractivity contribution in [3.05, 3.63) is 72.1 Å². The molecule has 0 radical (unpaired) electrons. The van der Waals surface area contributed by atoms with Crippen molar-refractivity contribution in [3.63, 3.8) is 0 Å². The Labute approximate surface area is 124 Å². The van der Waals surface area contributed by atoms with Crippen LogP contribution in [-0.4, -0.2) is 18.7 Å². The van der Waals surface area contributed by atoms with Gasteiger partial charge in [-0.2, -0.15) is 0 Å². The fourth-order valence-electron chi connectivity index (χ4n) is 2.75. The van der Waals surface area contributed by atoms with Crippen molar-refractivity contribution < 1.29 is 0 Å². The summed E-state index contributed by atoms with van der Waals surface area (Å²) in [5.41, 5.74) is 3.12. The third-order valence-corrected chi connectivity index (χ3v) is 3.74. The summed E-state index contributed by atoms with van der Waals surface area (Å²) >= 11 is 0. The fraction of sp³-hybridized carbons (Fsp3) is 0.111. The Kier molecular flexibility index (Phi) is 3.75. The van der Waals surface area contributed by atoms with E-state index in [1.54, 1.807) is 12.4 Å². The standard InChI is InChI=1S/C18H17N3/c1-19-17-12-21-11-10-16(17)18(20-2)15-9-5-7-13-6-3-4-8-14(13)15/h3-12,18,20H,1H2,2H3. The predicted molar refractivity (Wildman–Crippen MR) is 88.3 cm³/mol. The maximum absolute atomic E-state index is 4.13. The number of benzene rings is 2. The van der Waals surface area contributed by atoms with Crippen molar-refractivity contribution in [1.82, 2.24) is 10.3 Å². The molecule has 1 N–H and O–H groups in total. The summed E-state index contributed by atoms with van der Waals surface area (Å²) in [5, 5.41) is 5.86. The van der Waals surface area contributed by atoms with Crippen LogP contribution in [0.15, 0.2) is 65.9 Å². The van der Waals surface area contributed by atoms with E-state index in [-0.39, 0.29) is 6.04 Å². The average molecular weight is 275 g/mol. The summed E-state index contributed by atoms with van der Waals surface area (Å²) < 4.78 is 0. The first-order chi connectivity index (χ1) is 10.3. The summed E-state index contributed by atoms with van der Waals surface area (Å²) in [6.45, 7) is 3.65. The van der Waals surface area contributed by atoms with Gasteiger partial charge in [0, 0.05) is 11.8 Å². The number of hydrogen-bond donors (Lipinski definition) is 1. The SMILES string of the molecule is C=Nc1cnccc1C(NC)c1cccc2ccccc12. The molecule has 0 spiro atoms. The molecule has 0 fully saturated rings. The van der Waals surface area contributed by atoms with Gasteiger partial charge >= 0.3 is 0 Å². The number of nitrogens with one attached hydrogen (secondary N) is 1. The third kappa shape index (κ3) is 2.43. The Morgan fingerprint density at radius 1 is 1.05 bits per heavy atom. The molecule has 21 heavy (non-hydrogen) atoms. The van der Waals surface area contributed by atoms with E-state index in [4.69, 9.17) is 0 Å². The van der Waals surface area contributed by atoms with Crippen LogP contribution in [0.25, 0.3) is 10.8 Å². The molecule has 0 bridgehead atoms.